The largest absolute Gasteiger partial charge is 0.350 e. The fraction of sp³-hybridized carbons (Fsp3) is 0.150. The lowest BCUT2D eigenvalue weighted by Crippen LogP contribution is -2.26. The van der Waals surface area contributed by atoms with Crippen molar-refractivity contribution in [3.05, 3.63) is 89.6 Å². The van der Waals surface area contributed by atoms with E-state index in [2.05, 4.69) is 51.5 Å². The second-order valence-corrected chi connectivity index (χ2v) is 5.53. The first-order chi connectivity index (χ1) is 11.8. The molecule has 0 aliphatic heterocycles. The molecule has 0 saturated heterocycles. The average molecular weight is 314 g/mol. The summed E-state index contributed by atoms with van der Waals surface area (Å²) in [5.41, 5.74) is 2.84. The molecular formula is C20H18N4. The van der Waals surface area contributed by atoms with E-state index in [9.17, 15) is 0 Å². The van der Waals surface area contributed by atoms with Crippen LogP contribution in [0.5, 0.6) is 0 Å². The van der Waals surface area contributed by atoms with Gasteiger partial charge in [0.15, 0.2) is 11.5 Å². The summed E-state index contributed by atoms with van der Waals surface area (Å²) in [6.45, 7) is 1.59. The number of hydrogen-bond acceptors (Lipinski definition) is 4. The number of nitrogens with zero attached hydrogens (tertiary/aromatic N) is 4. The Morgan fingerprint density at radius 2 is 1.46 bits per heavy atom. The quantitative estimate of drug-likeness (QED) is 0.697. The second kappa shape index (κ2) is 7.89. The lowest BCUT2D eigenvalue weighted by atomic mass is 10.1. The Morgan fingerprint density at radius 1 is 0.792 bits per heavy atom. The normalized spacial score (nSPS) is 10.1. The van der Waals surface area contributed by atoms with Gasteiger partial charge in [0, 0.05) is 13.1 Å². The van der Waals surface area contributed by atoms with Gasteiger partial charge in [-0.1, -0.05) is 60.7 Å². The Hall–Kier alpha value is -3.19. The molecule has 0 spiro atoms. The van der Waals surface area contributed by atoms with Gasteiger partial charge in [-0.15, -0.1) is 10.2 Å². The predicted molar refractivity (Wildman–Crippen MR) is 94.4 cm³/mol. The molecule has 0 bridgehead atoms. The first-order valence-electron chi connectivity index (χ1n) is 7.92. The summed E-state index contributed by atoms with van der Waals surface area (Å²) in [7, 11) is 0. The first kappa shape index (κ1) is 15.7. The van der Waals surface area contributed by atoms with Crippen LogP contribution in [0.3, 0.4) is 0 Å². The van der Waals surface area contributed by atoms with Gasteiger partial charge in [-0.25, -0.2) is 0 Å². The van der Waals surface area contributed by atoms with Crippen molar-refractivity contribution in [2.24, 2.45) is 0 Å². The summed E-state index contributed by atoms with van der Waals surface area (Å²) in [5.74, 6) is 0.786. The molecule has 0 atom stereocenters. The maximum Gasteiger partial charge on any atom is 0.163 e. The second-order valence-electron chi connectivity index (χ2n) is 5.53. The lowest BCUT2D eigenvalue weighted by Gasteiger charge is -2.23. The summed E-state index contributed by atoms with van der Waals surface area (Å²) >= 11 is 0. The Labute approximate surface area is 142 Å². The van der Waals surface area contributed by atoms with Crippen molar-refractivity contribution in [3.63, 3.8) is 0 Å². The molecule has 0 radical (unpaired) electrons. The van der Waals surface area contributed by atoms with Gasteiger partial charge in [-0.3, -0.25) is 0 Å². The standard InChI is InChI=1S/C20H18N4/c21-15-19-11-12-20(23-22-19)24(16-18-9-5-2-6-10-18)14-13-17-7-3-1-4-8-17/h1-12H,13-14,16H2. The lowest BCUT2D eigenvalue weighted by molar-refractivity contribution is 0.755. The van der Waals surface area contributed by atoms with Crippen molar-refractivity contribution in [2.45, 2.75) is 13.0 Å². The molecule has 0 saturated carbocycles. The minimum Gasteiger partial charge on any atom is -0.350 e. The van der Waals surface area contributed by atoms with E-state index in [1.165, 1.54) is 11.1 Å². The third-order valence-corrected chi connectivity index (χ3v) is 3.82. The predicted octanol–water partition coefficient (Wildman–Crippen LogP) is 3.60. The van der Waals surface area contributed by atoms with Crippen molar-refractivity contribution in [2.75, 3.05) is 11.4 Å². The van der Waals surface area contributed by atoms with Crippen molar-refractivity contribution < 1.29 is 0 Å². The van der Waals surface area contributed by atoms with E-state index in [-0.39, 0.29) is 0 Å². The summed E-state index contributed by atoms with van der Waals surface area (Å²) in [5, 5.41) is 17.1. The molecule has 0 aliphatic rings. The van der Waals surface area contributed by atoms with E-state index < -0.39 is 0 Å². The Kier molecular flexibility index (Phi) is 5.16. The van der Waals surface area contributed by atoms with Gasteiger partial charge in [0.25, 0.3) is 0 Å². The van der Waals surface area contributed by atoms with Crippen LogP contribution in [-0.2, 0) is 13.0 Å². The highest BCUT2D eigenvalue weighted by molar-refractivity contribution is 5.40. The van der Waals surface area contributed by atoms with Gasteiger partial charge in [-0.05, 0) is 29.7 Å². The van der Waals surface area contributed by atoms with Crippen molar-refractivity contribution in [1.29, 1.82) is 5.26 Å². The summed E-state index contributed by atoms with van der Waals surface area (Å²) in [6.07, 6.45) is 0.926. The summed E-state index contributed by atoms with van der Waals surface area (Å²) < 4.78 is 0. The van der Waals surface area contributed by atoms with Crippen LogP contribution >= 0.6 is 0 Å². The number of benzene rings is 2. The highest BCUT2D eigenvalue weighted by Crippen LogP contribution is 2.15. The molecule has 1 heterocycles. The average Bonchev–Trinajstić information content (AvgIpc) is 2.67. The molecular weight excluding hydrogens is 296 g/mol. The molecule has 2 aromatic carbocycles. The Morgan fingerprint density at radius 3 is 2.04 bits per heavy atom. The summed E-state index contributed by atoms with van der Waals surface area (Å²) in [6, 6.07) is 26.3. The molecule has 4 heteroatoms. The van der Waals surface area contributed by atoms with Gasteiger partial charge < -0.3 is 4.90 Å². The van der Waals surface area contributed by atoms with E-state index >= 15 is 0 Å². The molecule has 0 fully saturated rings. The third-order valence-electron chi connectivity index (χ3n) is 3.82. The monoisotopic (exact) mass is 314 g/mol. The van der Waals surface area contributed by atoms with Crippen LogP contribution in [-0.4, -0.2) is 16.7 Å². The fourth-order valence-corrected chi connectivity index (χ4v) is 2.54. The zero-order valence-electron chi connectivity index (χ0n) is 13.3. The molecule has 0 amide bonds. The number of aromatic nitrogens is 2. The van der Waals surface area contributed by atoms with Crippen molar-refractivity contribution >= 4 is 5.82 Å². The molecule has 24 heavy (non-hydrogen) atoms. The smallest absolute Gasteiger partial charge is 0.163 e. The van der Waals surface area contributed by atoms with Gasteiger partial charge in [0.1, 0.15) is 6.07 Å². The van der Waals surface area contributed by atoms with Gasteiger partial charge in [0.2, 0.25) is 0 Å². The van der Waals surface area contributed by atoms with Crippen molar-refractivity contribution in [3.8, 4) is 6.07 Å². The number of rotatable bonds is 6. The van der Waals surface area contributed by atoms with Crippen LogP contribution in [0.1, 0.15) is 16.8 Å². The van der Waals surface area contributed by atoms with Crippen LogP contribution in [0.4, 0.5) is 5.82 Å². The molecule has 118 valence electrons. The van der Waals surface area contributed by atoms with Crippen LogP contribution in [0.15, 0.2) is 72.8 Å². The molecule has 0 aliphatic carbocycles. The van der Waals surface area contributed by atoms with E-state index in [4.69, 9.17) is 5.26 Å². The SMILES string of the molecule is N#Cc1ccc(N(CCc2ccccc2)Cc2ccccc2)nn1. The van der Waals surface area contributed by atoms with Gasteiger partial charge >= 0.3 is 0 Å². The van der Waals surface area contributed by atoms with Crippen LogP contribution < -0.4 is 4.90 Å². The zero-order chi connectivity index (χ0) is 16.6. The van der Waals surface area contributed by atoms with Crippen LogP contribution in [0.2, 0.25) is 0 Å². The highest BCUT2D eigenvalue weighted by Gasteiger charge is 2.10. The molecule has 3 rings (SSSR count). The molecule has 4 nitrogen and oxygen atoms in total. The summed E-state index contributed by atoms with van der Waals surface area (Å²) in [4.78, 5) is 2.19. The fourth-order valence-electron chi connectivity index (χ4n) is 2.54. The molecule has 0 unspecified atom stereocenters. The maximum absolute atomic E-state index is 8.89. The van der Waals surface area contributed by atoms with Crippen LogP contribution in [0.25, 0.3) is 0 Å². The zero-order valence-corrected chi connectivity index (χ0v) is 13.3. The topological polar surface area (TPSA) is 52.8 Å². The number of nitriles is 1. The van der Waals surface area contributed by atoms with E-state index in [1.54, 1.807) is 6.07 Å². The third kappa shape index (κ3) is 4.17. The van der Waals surface area contributed by atoms with Crippen LogP contribution in [0, 0.1) is 11.3 Å². The highest BCUT2D eigenvalue weighted by atomic mass is 15.3. The minimum absolute atomic E-state index is 0.335. The van der Waals surface area contributed by atoms with Crippen molar-refractivity contribution in [1.82, 2.24) is 10.2 Å². The number of anilines is 1. The molecule has 1 aromatic heterocycles. The molecule has 0 N–H and O–H groups in total. The van der Waals surface area contributed by atoms with E-state index in [1.807, 2.05) is 36.4 Å². The Bertz CT molecular complexity index is 793. The van der Waals surface area contributed by atoms with E-state index in [0.29, 0.717) is 5.69 Å². The first-order valence-corrected chi connectivity index (χ1v) is 7.92. The number of hydrogen-bond donors (Lipinski definition) is 0. The van der Waals surface area contributed by atoms with Gasteiger partial charge in [0.05, 0.1) is 0 Å². The molecule has 3 aromatic rings. The van der Waals surface area contributed by atoms with Gasteiger partial charge in [-0.2, -0.15) is 5.26 Å². The van der Waals surface area contributed by atoms with E-state index in [0.717, 1.165) is 25.3 Å². The maximum atomic E-state index is 8.89. The minimum atomic E-state index is 0.335. The Balaban J connectivity index is 1.78.